The second kappa shape index (κ2) is 9.69. The molecule has 1 fully saturated rings. The molecule has 1 aromatic heterocycles. The molecule has 0 radical (unpaired) electrons. The molecule has 8 nitrogen and oxygen atoms in total. The summed E-state index contributed by atoms with van der Waals surface area (Å²) in [5.74, 6) is -3.73. The van der Waals surface area contributed by atoms with Crippen molar-refractivity contribution in [3.05, 3.63) is 60.0 Å². The first-order valence-corrected chi connectivity index (χ1v) is 10.7. The van der Waals surface area contributed by atoms with Gasteiger partial charge in [-0.15, -0.1) is 5.10 Å². The van der Waals surface area contributed by atoms with Crippen LogP contribution in [0.25, 0.3) is 11.3 Å². The number of nitrogens with zero attached hydrogens (tertiary/aromatic N) is 3. The molecule has 33 heavy (non-hydrogen) atoms. The Hall–Kier alpha value is -2.64. The second-order valence-electron chi connectivity index (χ2n) is 7.33. The summed E-state index contributed by atoms with van der Waals surface area (Å²) in [5.41, 5.74) is -0.965. The summed E-state index contributed by atoms with van der Waals surface area (Å²) in [4.78, 5) is 0.739. The minimum Gasteiger partial charge on any atom is -0.497 e. The summed E-state index contributed by atoms with van der Waals surface area (Å²) in [6.45, 7) is -0.528. The molecule has 0 amide bonds. The molecular formula is C21H20F3N3O5S. The molecule has 3 N–H and O–H groups in total. The van der Waals surface area contributed by atoms with Gasteiger partial charge in [0.1, 0.15) is 41.2 Å². The van der Waals surface area contributed by atoms with E-state index in [0.717, 1.165) is 21.7 Å². The maximum atomic E-state index is 13.6. The summed E-state index contributed by atoms with van der Waals surface area (Å²) in [6.07, 6.45) is -2.44. The van der Waals surface area contributed by atoms with Crippen molar-refractivity contribution in [3.8, 4) is 17.0 Å². The number of aliphatic hydroxyl groups is 3. The lowest BCUT2D eigenvalue weighted by molar-refractivity contribution is -0.178. The first-order valence-electron chi connectivity index (χ1n) is 9.82. The van der Waals surface area contributed by atoms with E-state index >= 15 is 0 Å². The Morgan fingerprint density at radius 2 is 1.76 bits per heavy atom. The zero-order chi connectivity index (χ0) is 23.7. The first kappa shape index (κ1) is 23.5. The number of benzene rings is 2. The SMILES string of the molecule is COc1ccc(SC2OC(CO)C(O)C(n3cc(-c4cc(F)c(F)c(F)c4)nn3)C2O)cc1. The highest BCUT2D eigenvalue weighted by molar-refractivity contribution is 7.99. The first-order chi connectivity index (χ1) is 15.8. The Morgan fingerprint density at radius 1 is 1.09 bits per heavy atom. The zero-order valence-corrected chi connectivity index (χ0v) is 18.0. The van der Waals surface area contributed by atoms with Crippen LogP contribution in [0.1, 0.15) is 6.04 Å². The minimum absolute atomic E-state index is 0.00130. The average molecular weight is 483 g/mol. The van der Waals surface area contributed by atoms with E-state index in [0.29, 0.717) is 5.75 Å². The molecule has 0 aliphatic carbocycles. The van der Waals surface area contributed by atoms with Crippen LogP contribution >= 0.6 is 11.8 Å². The van der Waals surface area contributed by atoms with Crippen LogP contribution < -0.4 is 4.74 Å². The third-order valence-corrected chi connectivity index (χ3v) is 6.42. The molecule has 1 saturated heterocycles. The number of rotatable bonds is 6. The predicted octanol–water partition coefficient (Wildman–Crippen LogP) is 2.14. The lowest BCUT2D eigenvalue weighted by Crippen LogP contribution is -2.55. The molecule has 2 aromatic carbocycles. The maximum absolute atomic E-state index is 13.6. The quantitative estimate of drug-likeness (QED) is 0.458. The number of ether oxygens (including phenoxy) is 2. The van der Waals surface area contributed by atoms with Crippen molar-refractivity contribution in [1.82, 2.24) is 15.0 Å². The number of methoxy groups -OCH3 is 1. The van der Waals surface area contributed by atoms with Gasteiger partial charge in [-0.3, -0.25) is 0 Å². The number of hydrogen-bond donors (Lipinski definition) is 3. The van der Waals surface area contributed by atoms with Crippen LogP contribution in [0.2, 0.25) is 0 Å². The Bertz CT molecular complexity index is 1090. The molecule has 4 rings (SSSR count). The predicted molar refractivity (Wildman–Crippen MR) is 111 cm³/mol. The Labute approximate surface area is 190 Å². The number of aliphatic hydroxyl groups excluding tert-OH is 3. The highest BCUT2D eigenvalue weighted by Gasteiger charge is 2.46. The molecule has 0 spiro atoms. The van der Waals surface area contributed by atoms with Gasteiger partial charge in [-0.1, -0.05) is 17.0 Å². The molecule has 12 heteroatoms. The van der Waals surface area contributed by atoms with E-state index in [1.807, 2.05) is 0 Å². The monoisotopic (exact) mass is 483 g/mol. The summed E-state index contributed by atoms with van der Waals surface area (Å²) in [5, 5.41) is 39.0. The largest absolute Gasteiger partial charge is 0.497 e. The molecule has 3 aromatic rings. The fourth-order valence-corrected chi connectivity index (χ4v) is 4.58. The third kappa shape index (κ3) is 4.70. The van der Waals surface area contributed by atoms with Crippen molar-refractivity contribution >= 4 is 11.8 Å². The topological polar surface area (TPSA) is 110 Å². The lowest BCUT2D eigenvalue weighted by atomic mass is 9.97. The summed E-state index contributed by atoms with van der Waals surface area (Å²) in [7, 11) is 1.54. The van der Waals surface area contributed by atoms with E-state index in [-0.39, 0.29) is 11.3 Å². The van der Waals surface area contributed by atoms with Gasteiger partial charge in [0.25, 0.3) is 0 Å². The van der Waals surface area contributed by atoms with Gasteiger partial charge in [0.2, 0.25) is 0 Å². The van der Waals surface area contributed by atoms with Crippen LogP contribution in [0.15, 0.2) is 47.5 Å². The van der Waals surface area contributed by atoms with E-state index in [2.05, 4.69) is 10.3 Å². The van der Waals surface area contributed by atoms with Gasteiger partial charge >= 0.3 is 0 Å². The molecule has 1 aliphatic rings. The van der Waals surface area contributed by atoms with E-state index in [9.17, 15) is 28.5 Å². The van der Waals surface area contributed by atoms with Gasteiger partial charge in [-0.2, -0.15) is 0 Å². The van der Waals surface area contributed by atoms with Gasteiger partial charge in [-0.25, -0.2) is 17.9 Å². The van der Waals surface area contributed by atoms with Crippen molar-refractivity contribution < 1.29 is 38.0 Å². The second-order valence-corrected chi connectivity index (χ2v) is 8.50. The summed E-state index contributed by atoms with van der Waals surface area (Å²) >= 11 is 1.17. The summed E-state index contributed by atoms with van der Waals surface area (Å²) in [6, 6.07) is 7.43. The highest BCUT2D eigenvalue weighted by atomic mass is 32.2. The van der Waals surface area contributed by atoms with Crippen LogP contribution in [0.3, 0.4) is 0 Å². The molecule has 1 aliphatic heterocycles. The van der Waals surface area contributed by atoms with E-state index in [1.165, 1.54) is 25.1 Å². The number of thioether (sulfide) groups is 1. The van der Waals surface area contributed by atoms with Crippen molar-refractivity contribution in [2.75, 3.05) is 13.7 Å². The van der Waals surface area contributed by atoms with Crippen LogP contribution in [-0.2, 0) is 4.74 Å². The van der Waals surface area contributed by atoms with Crippen molar-refractivity contribution in [3.63, 3.8) is 0 Å². The molecular weight excluding hydrogens is 463 g/mol. The number of hydrogen-bond acceptors (Lipinski definition) is 8. The molecule has 5 atom stereocenters. The molecule has 5 unspecified atom stereocenters. The van der Waals surface area contributed by atoms with Crippen LogP contribution in [-0.4, -0.2) is 67.8 Å². The Kier molecular flexibility index (Phi) is 6.91. The van der Waals surface area contributed by atoms with Gasteiger partial charge in [0.05, 0.1) is 19.9 Å². The minimum atomic E-state index is -1.61. The average Bonchev–Trinajstić information content (AvgIpc) is 3.29. The van der Waals surface area contributed by atoms with Gasteiger partial charge in [0.15, 0.2) is 17.5 Å². The fraction of sp³-hybridized carbons (Fsp3) is 0.333. The Morgan fingerprint density at radius 3 is 2.36 bits per heavy atom. The van der Waals surface area contributed by atoms with Gasteiger partial charge < -0.3 is 24.8 Å². The van der Waals surface area contributed by atoms with Crippen LogP contribution in [0.4, 0.5) is 13.2 Å². The van der Waals surface area contributed by atoms with Crippen LogP contribution in [0, 0.1) is 17.5 Å². The molecule has 2 heterocycles. The van der Waals surface area contributed by atoms with E-state index < -0.39 is 53.8 Å². The molecule has 0 saturated carbocycles. The third-order valence-electron chi connectivity index (χ3n) is 5.26. The number of aromatic nitrogens is 3. The molecule has 0 bridgehead atoms. The van der Waals surface area contributed by atoms with Crippen LogP contribution in [0.5, 0.6) is 5.75 Å². The normalized spacial score (nSPS) is 25.2. The highest BCUT2D eigenvalue weighted by Crippen LogP contribution is 2.38. The standard InChI is InChI=1S/C21H20F3N3O5S/c1-31-11-2-4-12(5-3-11)33-21-20(30)18(19(29)16(9-28)32-21)27-8-15(25-26-27)10-6-13(22)17(24)14(23)7-10/h2-8,16,18-21,28-30H,9H2,1H3. The summed E-state index contributed by atoms with van der Waals surface area (Å²) < 4.78 is 52.4. The smallest absolute Gasteiger partial charge is 0.194 e. The zero-order valence-electron chi connectivity index (χ0n) is 17.2. The van der Waals surface area contributed by atoms with E-state index in [1.54, 1.807) is 24.3 Å². The fourth-order valence-electron chi connectivity index (χ4n) is 3.52. The lowest BCUT2D eigenvalue weighted by Gasteiger charge is -2.41. The molecule has 176 valence electrons. The van der Waals surface area contributed by atoms with Gasteiger partial charge in [-0.05, 0) is 36.4 Å². The van der Waals surface area contributed by atoms with Gasteiger partial charge in [0, 0.05) is 10.5 Å². The van der Waals surface area contributed by atoms with E-state index in [4.69, 9.17) is 9.47 Å². The van der Waals surface area contributed by atoms with Crippen molar-refractivity contribution in [2.24, 2.45) is 0 Å². The maximum Gasteiger partial charge on any atom is 0.194 e. The number of halogens is 3. The van der Waals surface area contributed by atoms with Crippen molar-refractivity contribution in [1.29, 1.82) is 0 Å². The Balaban J connectivity index is 1.61. The van der Waals surface area contributed by atoms with Crippen molar-refractivity contribution in [2.45, 2.75) is 34.7 Å².